The Labute approximate surface area is 162 Å². The van der Waals surface area contributed by atoms with Gasteiger partial charge in [0, 0.05) is 15.6 Å². The van der Waals surface area contributed by atoms with E-state index in [0.717, 1.165) is 34.4 Å². The molecular formula is C20H23BrN2O3. The van der Waals surface area contributed by atoms with Crippen molar-refractivity contribution in [2.75, 3.05) is 13.2 Å². The molecule has 0 saturated carbocycles. The summed E-state index contributed by atoms with van der Waals surface area (Å²) in [6.45, 7) is 5.38. The Kier molecular flexibility index (Phi) is 8.15. The fourth-order valence-electron chi connectivity index (χ4n) is 2.11. The molecule has 0 aromatic heterocycles. The van der Waals surface area contributed by atoms with Gasteiger partial charge in [-0.15, -0.1) is 0 Å². The number of rotatable bonds is 9. The van der Waals surface area contributed by atoms with Gasteiger partial charge in [0.15, 0.2) is 0 Å². The molecule has 1 amide bonds. The van der Waals surface area contributed by atoms with E-state index in [4.69, 9.17) is 9.47 Å². The van der Waals surface area contributed by atoms with Crippen LogP contribution in [-0.4, -0.2) is 25.3 Å². The molecule has 0 saturated heterocycles. The van der Waals surface area contributed by atoms with E-state index < -0.39 is 0 Å². The average Bonchev–Trinajstić information content (AvgIpc) is 2.66. The minimum atomic E-state index is -0.283. The van der Waals surface area contributed by atoms with Crippen LogP contribution in [0.2, 0.25) is 0 Å². The molecule has 0 heterocycles. The second kappa shape index (κ2) is 10.6. The van der Waals surface area contributed by atoms with Gasteiger partial charge in [0.1, 0.15) is 11.5 Å². The van der Waals surface area contributed by atoms with Gasteiger partial charge in [-0.25, -0.2) is 5.43 Å². The third kappa shape index (κ3) is 6.19. The summed E-state index contributed by atoms with van der Waals surface area (Å²) in [5, 5.41) is 4.04. The van der Waals surface area contributed by atoms with Crippen LogP contribution in [0.4, 0.5) is 0 Å². The first kappa shape index (κ1) is 20.0. The van der Waals surface area contributed by atoms with Crippen LogP contribution < -0.4 is 14.9 Å². The summed E-state index contributed by atoms with van der Waals surface area (Å²) in [6.07, 6.45) is 3.43. The highest BCUT2D eigenvalue weighted by atomic mass is 79.9. The van der Waals surface area contributed by atoms with E-state index in [0.29, 0.717) is 18.8 Å². The van der Waals surface area contributed by atoms with E-state index in [1.165, 1.54) is 0 Å². The van der Waals surface area contributed by atoms with Crippen LogP contribution in [0.25, 0.3) is 0 Å². The SMILES string of the molecule is CCCOc1ccc(C(=O)N/N=C\c2cc(Br)ccc2OCCC)cc1. The highest BCUT2D eigenvalue weighted by Gasteiger charge is 2.06. The fraction of sp³-hybridized carbons (Fsp3) is 0.300. The highest BCUT2D eigenvalue weighted by Crippen LogP contribution is 2.22. The molecule has 0 radical (unpaired) electrons. The van der Waals surface area contributed by atoms with Gasteiger partial charge in [0.25, 0.3) is 5.91 Å². The zero-order valence-electron chi connectivity index (χ0n) is 15.0. The molecule has 0 unspecified atom stereocenters. The lowest BCUT2D eigenvalue weighted by Gasteiger charge is -2.08. The monoisotopic (exact) mass is 418 g/mol. The van der Waals surface area contributed by atoms with Crippen molar-refractivity contribution < 1.29 is 14.3 Å². The van der Waals surface area contributed by atoms with E-state index in [2.05, 4.69) is 26.5 Å². The molecule has 0 fully saturated rings. The van der Waals surface area contributed by atoms with Crippen molar-refractivity contribution in [3.05, 3.63) is 58.1 Å². The van der Waals surface area contributed by atoms with Gasteiger partial charge < -0.3 is 9.47 Å². The van der Waals surface area contributed by atoms with Crippen LogP contribution in [-0.2, 0) is 0 Å². The average molecular weight is 419 g/mol. The highest BCUT2D eigenvalue weighted by molar-refractivity contribution is 9.10. The predicted octanol–water partition coefficient (Wildman–Crippen LogP) is 4.79. The van der Waals surface area contributed by atoms with Crippen LogP contribution in [0.3, 0.4) is 0 Å². The first-order valence-corrected chi connectivity index (χ1v) is 9.42. The lowest BCUT2D eigenvalue weighted by Crippen LogP contribution is -2.17. The zero-order valence-corrected chi connectivity index (χ0v) is 16.6. The maximum Gasteiger partial charge on any atom is 0.271 e. The standard InChI is InChI=1S/C20H23BrN2O3/c1-3-11-25-18-8-5-15(6-9-18)20(24)23-22-14-16-13-17(21)7-10-19(16)26-12-4-2/h5-10,13-14H,3-4,11-12H2,1-2H3,(H,23,24)/b22-14-. The first-order chi connectivity index (χ1) is 12.6. The van der Waals surface area contributed by atoms with E-state index in [-0.39, 0.29) is 5.91 Å². The Bertz CT molecular complexity index is 745. The molecule has 0 atom stereocenters. The minimum Gasteiger partial charge on any atom is -0.494 e. The van der Waals surface area contributed by atoms with Crippen molar-refractivity contribution in [2.24, 2.45) is 5.10 Å². The number of hydrogen-bond donors (Lipinski definition) is 1. The van der Waals surface area contributed by atoms with Gasteiger partial charge in [-0.2, -0.15) is 5.10 Å². The number of ether oxygens (including phenoxy) is 2. The van der Waals surface area contributed by atoms with Gasteiger partial charge in [-0.3, -0.25) is 4.79 Å². The van der Waals surface area contributed by atoms with E-state index in [1.807, 2.05) is 32.0 Å². The Morgan fingerprint density at radius 1 is 1.08 bits per heavy atom. The molecule has 2 aromatic rings. The lowest BCUT2D eigenvalue weighted by molar-refractivity contribution is 0.0955. The second-order valence-corrected chi connectivity index (χ2v) is 6.52. The number of amides is 1. The number of carbonyl (C=O) groups is 1. The second-order valence-electron chi connectivity index (χ2n) is 5.60. The van der Waals surface area contributed by atoms with Gasteiger partial charge in [0.2, 0.25) is 0 Å². The molecule has 0 aliphatic heterocycles. The molecule has 138 valence electrons. The number of nitrogens with one attached hydrogen (secondary N) is 1. The van der Waals surface area contributed by atoms with Crippen LogP contribution in [0, 0.1) is 0 Å². The number of benzene rings is 2. The van der Waals surface area contributed by atoms with Crippen LogP contribution in [0.15, 0.2) is 52.0 Å². The van der Waals surface area contributed by atoms with E-state index >= 15 is 0 Å². The molecule has 0 aliphatic rings. The maximum absolute atomic E-state index is 12.2. The van der Waals surface area contributed by atoms with Gasteiger partial charge in [0.05, 0.1) is 19.4 Å². The number of hydrogen-bond acceptors (Lipinski definition) is 4. The summed E-state index contributed by atoms with van der Waals surface area (Å²) in [4.78, 5) is 12.2. The Morgan fingerprint density at radius 3 is 2.46 bits per heavy atom. The molecule has 0 bridgehead atoms. The summed E-state index contributed by atoms with van der Waals surface area (Å²) in [5.41, 5.74) is 3.84. The van der Waals surface area contributed by atoms with E-state index in [9.17, 15) is 4.79 Å². The summed E-state index contributed by atoms with van der Waals surface area (Å²) >= 11 is 3.43. The lowest BCUT2D eigenvalue weighted by atomic mass is 10.2. The maximum atomic E-state index is 12.2. The van der Waals surface area contributed by atoms with Crippen LogP contribution >= 0.6 is 15.9 Å². The van der Waals surface area contributed by atoms with Crippen molar-refractivity contribution in [1.29, 1.82) is 0 Å². The van der Waals surface area contributed by atoms with Crippen molar-refractivity contribution in [2.45, 2.75) is 26.7 Å². The molecule has 6 heteroatoms. The third-order valence-electron chi connectivity index (χ3n) is 3.39. The van der Waals surface area contributed by atoms with Crippen molar-refractivity contribution in [3.63, 3.8) is 0 Å². The zero-order chi connectivity index (χ0) is 18.8. The van der Waals surface area contributed by atoms with Crippen LogP contribution in [0.1, 0.15) is 42.6 Å². The van der Waals surface area contributed by atoms with Crippen molar-refractivity contribution >= 4 is 28.1 Å². The smallest absolute Gasteiger partial charge is 0.271 e. The number of carbonyl (C=O) groups excluding carboxylic acids is 1. The van der Waals surface area contributed by atoms with Crippen molar-refractivity contribution in [3.8, 4) is 11.5 Å². The fourth-order valence-corrected chi connectivity index (χ4v) is 2.49. The molecule has 2 aromatic carbocycles. The molecule has 0 spiro atoms. The quantitative estimate of drug-likeness (QED) is 0.470. The van der Waals surface area contributed by atoms with Crippen LogP contribution in [0.5, 0.6) is 11.5 Å². The molecular weight excluding hydrogens is 396 g/mol. The molecule has 0 aliphatic carbocycles. The predicted molar refractivity (Wildman–Crippen MR) is 107 cm³/mol. The summed E-state index contributed by atoms with van der Waals surface area (Å²) < 4.78 is 12.1. The van der Waals surface area contributed by atoms with Gasteiger partial charge in [-0.1, -0.05) is 29.8 Å². The minimum absolute atomic E-state index is 0.283. The largest absolute Gasteiger partial charge is 0.494 e. The van der Waals surface area contributed by atoms with Gasteiger partial charge >= 0.3 is 0 Å². The Balaban J connectivity index is 1.99. The first-order valence-electron chi connectivity index (χ1n) is 8.62. The van der Waals surface area contributed by atoms with Gasteiger partial charge in [-0.05, 0) is 55.3 Å². The normalized spacial score (nSPS) is 10.7. The topological polar surface area (TPSA) is 59.9 Å². The van der Waals surface area contributed by atoms with E-state index in [1.54, 1.807) is 30.5 Å². The Hall–Kier alpha value is -2.34. The summed E-state index contributed by atoms with van der Waals surface area (Å²) in [6, 6.07) is 12.6. The summed E-state index contributed by atoms with van der Waals surface area (Å²) in [7, 11) is 0. The Morgan fingerprint density at radius 2 is 1.77 bits per heavy atom. The molecule has 2 rings (SSSR count). The number of hydrazone groups is 1. The molecule has 26 heavy (non-hydrogen) atoms. The number of halogens is 1. The molecule has 5 nitrogen and oxygen atoms in total. The molecule has 1 N–H and O–H groups in total. The van der Waals surface area contributed by atoms with Crippen molar-refractivity contribution in [1.82, 2.24) is 5.43 Å². The third-order valence-corrected chi connectivity index (χ3v) is 3.89. The summed E-state index contributed by atoms with van der Waals surface area (Å²) in [5.74, 6) is 1.19. The number of nitrogens with zero attached hydrogens (tertiary/aromatic N) is 1.